The van der Waals surface area contributed by atoms with Crippen molar-refractivity contribution in [1.29, 1.82) is 0 Å². The smallest absolute Gasteiger partial charge is 0.238 e. The number of hydrogen-bond donors (Lipinski definition) is 1. The van der Waals surface area contributed by atoms with Crippen LogP contribution in [0.4, 0.5) is 0 Å². The number of fused-ring (bicyclic) bond motifs is 1. The van der Waals surface area contributed by atoms with Crippen LogP contribution in [0.15, 0.2) is 48.9 Å². The molecule has 0 aliphatic carbocycles. The Morgan fingerprint density at radius 2 is 2.00 bits per heavy atom. The average Bonchev–Trinajstić information content (AvgIpc) is 3.48. The lowest BCUT2D eigenvalue weighted by molar-refractivity contribution is 0.279. The van der Waals surface area contributed by atoms with Crippen molar-refractivity contribution >= 4 is 0 Å². The molecular weight excluding hydrogens is 416 g/mol. The number of nitrogens with zero attached hydrogens (tertiary/aromatic N) is 6. The quantitative estimate of drug-likeness (QED) is 0.470. The summed E-state index contributed by atoms with van der Waals surface area (Å²) in [5.41, 5.74) is 4.85. The molecule has 0 radical (unpaired) electrons. The molecule has 0 saturated heterocycles. The fourth-order valence-corrected chi connectivity index (χ4v) is 4.57. The molecular formula is C25H28N6O2. The Morgan fingerprint density at radius 3 is 2.79 bits per heavy atom. The first-order valence-electron chi connectivity index (χ1n) is 11.3. The molecule has 0 saturated carbocycles. The molecule has 0 spiro atoms. The van der Waals surface area contributed by atoms with Gasteiger partial charge in [-0.25, -0.2) is 19.6 Å². The van der Waals surface area contributed by atoms with E-state index >= 15 is 0 Å². The molecule has 8 nitrogen and oxygen atoms in total. The molecule has 170 valence electrons. The van der Waals surface area contributed by atoms with Crippen molar-refractivity contribution in [2.24, 2.45) is 0 Å². The first kappa shape index (κ1) is 21.3. The van der Waals surface area contributed by atoms with Gasteiger partial charge in [0.2, 0.25) is 5.88 Å². The average molecular weight is 445 g/mol. The number of hydrogen-bond acceptors (Lipinski definition) is 6. The minimum Gasteiger partial charge on any atom is -0.479 e. The van der Waals surface area contributed by atoms with Gasteiger partial charge in [-0.3, -0.25) is 0 Å². The molecule has 4 heterocycles. The SMILES string of the molecule is COc1nc(CCc2nc3n(n2)CCC[C@H]3c2ccccc2CO)ccc1-n1cnc(C)c1. The van der Waals surface area contributed by atoms with Gasteiger partial charge in [0.15, 0.2) is 5.82 Å². The van der Waals surface area contributed by atoms with Gasteiger partial charge >= 0.3 is 0 Å². The maximum atomic E-state index is 9.78. The standard InChI is InChI=1S/C25H28N6O2/c1-17-14-30(16-26-17)22-11-9-19(27-25(22)33-2)10-12-23-28-24-21(8-5-13-31(24)29-23)20-7-4-3-6-18(20)15-32/h3-4,6-7,9,11,14,16,21,32H,5,8,10,12-13,15H2,1-2H3/t21-/m0/s1. The van der Waals surface area contributed by atoms with Crippen LogP contribution in [0.2, 0.25) is 0 Å². The molecule has 0 unspecified atom stereocenters. The van der Waals surface area contributed by atoms with Gasteiger partial charge in [0.05, 0.1) is 25.7 Å². The second-order valence-corrected chi connectivity index (χ2v) is 8.41. The highest BCUT2D eigenvalue weighted by Gasteiger charge is 2.27. The first-order chi connectivity index (χ1) is 16.2. The Balaban J connectivity index is 1.35. The molecule has 5 rings (SSSR count). The molecule has 0 amide bonds. The van der Waals surface area contributed by atoms with Gasteiger partial charge in [0, 0.05) is 30.8 Å². The molecule has 1 N–H and O–H groups in total. The summed E-state index contributed by atoms with van der Waals surface area (Å²) in [4.78, 5) is 13.9. The van der Waals surface area contributed by atoms with Crippen LogP contribution in [-0.2, 0) is 26.0 Å². The van der Waals surface area contributed by atoms with E-state index in [-0.39, 0.29) is 12.5 Å². The number of aliphatic hydroxyl groups excluding tert-OH is 1. The Morgan fingerprint density at radius 1 is 1.12 bits per heavy atom. The maximum Gasteiger partial charge on any atom is 0.238 e. The van der Waals surface area contributed by atoms with Crippen molar-refractivity contribution in [2.45, 2.75) is 51.7 Å². The largest absolute Gasteiger partial charge is 0.479 e. The van der Waals surface area contributed by atoms with E-state index in [1.54, 1.807) is 13.4 Å². The number of benzene rings is 1. The monoisotopic (exact) mass is 444 g/mol. The number of aryl methyl sites for hydroxylation is 4. The summed E-state index contributed by atoms with van der Waals surface area (Å²) in [6.07, 6.45) is 7.20. The highest BCUT2D eigenvalue weighted by Crippen LogP contribution is 2.34. The predicted molar refractivity (Wildman–Crippen MR) is 124 cm³/mol. The molecule has 1 aliphatic rings. The second kappa shape index (κ2) is 9.15. The zero-order valence-corrected chi connectivity index (χ0v) is 19.0. The minimum absolute atomic E-state index is 0.0375. The van der Waals surface area contributed by atoms with Gasteiger partial charge in [0.1, 0.15) is 11.5 Å². The third-order valence-electron chi connectivity index (χ3n) is 6.21. The Labute approximate surface area is 192 Å². The van der Waals surface area contributed by atoms with E-state index in [9.17, 15) is 5.11 Å². The summed E-state index contributed by atoms with van der Waals surface area (Å²) in [5.74, 6) is 2.56. The highest BCUT2D eigenvalue weighted by atomic mass is 16.5. The molecule has 0 bridgehead atoms. The predicted octanol–water partition coefficient (Wildman–Crippen LogP) is 3.38. The zero-order chi connectivity index (χ0) is 22.8. The van der Waals surface area contributed by atoms with Crippen molar-refractivity contribution < 1.29 is 9.84 Å². The maximum absolute atomic E-state index is 9.78. The van der Waals surface area contributed by atoms with Crippen LogP contribution >= 0.6 is 0 Å². The van der Waals surface area contributed by atoms with Crippen LogP contribution in [0, 0.1) is 6.92 Å². The van der Waals surface area contributed by atoms with Gasteiger partial charge in [-0.1, -0.05) is 24.3 Å². The Hall–Kier alpha value is -3.52. The van der Waals surface area contributed by atoms with Crippen molar-refractivity contribution in [3.8, 4) is 11.6 Å². The summed E-state index contributed by atoms with van der Waals surface area (Å²) in [6, 6.07) is 12.1. The normalized spacial score (nSPS) is 15.4. The van der Waals surface area contributed by atoms with Gasteiger partial charge in [-0.15, -0.1) is 0 Å². The van der Waals surface area contributed by atoms with E-state index in [4.69, 9.17) is 19.8 Å². The van der Waals surface area contributed by atoms with Crippen LogP contribution in [0.1, 0.15) is 52.9 Å². The van der Waals surface area contributed by atoms with Crippen LogP contribution in [0.5, 0.6) is 5.88 Å². The van der Waals surface area contributed by atoms with Crippen LogP contribution < -0.4 is 4.74 Å². The number of aliphatic hydroxyl groups is 1. The lowest BCUT2D eigenvalue weighted by Crippen LogP contribution is -2.19. The fourth-order valence-electron chi connectivity index (χ4n) is 4.57. The minimum atomic E-state index is 0.0375. The van der Waals surface area contributed by atoms with E-state index in [1.807, 2.05) is 52.7 Å². The summed E-state index contributed by atoms with van der Waals surface area (Å²) < 4.78 is 9.49. The van der Waals surface area contributed by atoms with Crippen molar-refractivity contribution in [2.75, 3.05) is 7.11 Å². The van der Waals surface area contributed by atoms with Crippen molar-refractivity contribution in [3.63, 3.8) is 0 Å². The van der Waals surface area contributed by atoms with Crippen LogP contribution in [0.3, 0.4) is 0 Å². The van der Waals surface area contributed by atoms with Crippen LogP contribution in [0.25, 0.3) is 5.69 Å². The number of rotatable bonds is 7. The molecule has 0 fully saturated rings. The van der Waals surface area contributed by atoms with Gasteiger partial charge in [0.25, 0.3) is 0 Å². The van der Waals surface area contributed by atoms with Gasteiger partial charge in [-0.2, -0.15) is 5.10 Å². The number of methoxy groups -OCH3 is 1. The third-order valence-corrected chi connectivity index (χ3v) is 6.21. The Bertz CT molecular complexity index is 1260. The number of pyridine rings is 1. The van der Waals surface area contributed by atoms with E-state index < -0.39 is 0 Å². The second-order valence-electron chi connectivity index (χ2n) is 8.41. The van der Waals surface area contributed by atoms with Crippen LogP contribution in [-0.4, -0.2) is 41.5 Å². The summed E-state index contributed by atoms with van der Waals surface area (Å²) >= 11 is 0. The molecule has 33 heavy (non-hydrogen) atoms. The first-order valence-corrected chi connectivity index (χ1v) is 11.3. The van der Waals surface area contributed by atoms with E-state index in [0.717, 1.165) is 65.7 Å². The number of aromatic nitrogens is 6. The Kier molecular flexibility index (Phi) is 5.92. The van der Waals surface area contributed by atoms with E-state index in [1.165, 1.54) is 0 Å². The molecule has 1 aromatic carbocycles. The summed E-state index contributed by atoms with van der Waals surface area (Å²) in [6.45, 7) is 2.87. The molecule has 3 aromatic heterocycles. The van der Waals surface area contributed by atoms with Gasteiger partial charge < -0.3 is 14.4 Å². The highest BCUT2D eigenvalue weighted by molar-refractivity contribution is 5.43. The van der Waals surface area contributed by atoms with E-state index in [2.05, 4.69) is 11.1 Å². The lowest BCUT2D eigenvalue weighted by atomic mass is 9.88. The van der Waals surface area contributed by atoms with Crippen molar-refractivity contribution in [1.82, 2.24) is 29.3 Å². The summed E-state index contributed by atoms with van der Waals surface area (Å²) in [5, 5.41) is 14.6. The zero-order valence-electron chi connectivity index (χ0n) is 19.0. The van der Waals surface area contributed by atoms with Gasteiger partial charge in [-0.05, 0) is 49.4 Å². The van der Waals surface area contributed by atoms with Crippen molar-refractivity contribution in [3.05, 3.63) is 83.1 Å². The fraction of sp³-hybridized carbons (Fsp3) is 0.360. The molecule has 1 aliphatic heterocycles. The third kappa shape index (κ3) is 4.26. The van der Waals surface area contributed by atoms with E-state index in [0.29, 0.717) is 12.3 Å². The topological polar surface area (TPSA) is 90.9 Å². The molecule has 1 atom stereocenters. The lowest BCUT2D eigenvalue weighted by Gasteiger charge is -2.24. The summed E-state index contributed by atoms with van der Waals surface area (Å²) in [7, 11) is 1.63. The molecule has 8 heteroatoms. The molecule has 4 aromatic rings. The number of ether oxygens (including phenoxy) is 1. The number of imidazole rings is 1.